The van der Waals surface area contributed by atoms with Crippen LogP contribution in [0.25, 0.3) is 0 Å². The lowest BCUT2D eigenvalue weighted by atomic mass is 10.3. The second-order valence-corrected chi connectivity index (χ2v) is 6.15. The van der Waals surface area contributed by atoms with Crippen LogP contribution in [0.2, 0.25) is 5.02 Å². The highest BCUT2D eigenvalue weighted by atomic mass is 35.5. The Morgan fingerprint density at radius 3 is 2.55 bits per heavy atom. The van der Waals surface area contributed by atoms with Gasteiger partial charge in [0.2, 0.25) is 0 Å². The Kier molecular flexibility index (Phi) is 4.17. The van der Waals surface area contributed by atoms with E-state index in [0.717, 1.165) is 0 Å². The molecule has 0 aliphatic heterocycles. The number of halogens is 1. The van der Waals surface area contributed by atoms with E-state index in [2.05, 4.69) is 14.7 Å². The Hall–Kier alpha value is -1.77. The molecule has 0 aliphatic rings. The number of nitrogens with two attached hydrogens (primary N) is 1. The lowest BCUT2D eigenvalue weighted by Crippen LogP contribution is -2.21. The third-order valence-electron chi connectivity index (χ3n) is 2.28. The smallest absolute Gasteiger partial charge is 0.265 e. The number of anilines is 1. The van der Waals surface area contributed by atoms with Crippen molar-refractivity contribution in [3.05, 3.63) is 47.4 Å². The van der Waals surface area contributed by atoms with Crippen LogP contribution in [0.5, 0.6) is 0 Å². The Bertz CT molecular complexity index is 765. The molecule has 2 rings (SSSR count). The maximum absolute atomic E-state index is 12.3. The molecule has 0 unspecified atom stereocenters. The van der Waals surface area contributed by atoms with Gasteiger partial charge >= 0.3 is 0 Å². The predicted molar refractivity (Wildman–Crippen MR) is 80.2 cm³/mol. The van der Waals surface area contributed by atoms with E-state index in [-0.39, 0.29) is 26.4 Å². The fourth-order valence-corrected chi connectivity index (χ4v) is 3.09. The van der Waals surface area contributed by atoms with Crippen molar-refractivity contribution in [1.82, 2.24) is 9.97 Å². The second-order valence-electron chi connectivity index (χ2n) is 3.65. The van der Waals surface area contributed by atoms with Gasteiger partial charge in [0.1, 0.15) is 15.6 Å². The standard InChI is InChI=1S/C11H9ClN4O2S2/c12-7-3-1-6-15-11(7)16-20(17,18)8-4-2-5-14-9(8)10(13)19/h1-6H,(H2,13,19)(H,15,16). The average Bonchev–Trinajstić information content (AvgIpc) is 2.41. The van der Waals surface area contributed by atoms with Crippen molar-refractivity contribution >= 4 is 44.6 Å². The van der Waals surface area contributed by atoms with Gasteiger partial charge in [-0.25, -0.2) is 13.4 Å². The molecule has 9 heteroatoms. The molecule has 0 bridgehead atoms. The van der Waals surface area contributed by atoms with Crippen LogP contribution in [0, 0.1) is 0 Å². The van der Waals surface area contributed by atoms with E-state index in [4.69, 9.17) is 29.6 Å². The minimum Gasteiger partial charge on any atom is -0.388 e. The molecule has 0 atom stereocenters. The highest BCUT2D eigenvalue weighted by molar-refractivity contribution is 7.93. The van der Waals surface area contributed by atoms with Crippen molar-refractivity contribution in [3.8, 4) is 0 Å². The molecule has 0 saturated carbocycles. The number of hydrogen-bond donors (Lipinski definition) is 2. The summed E-state index contributed by atoms with van der Waals surface area (Å²) in [6.45, 7) is 0. The van der Waals surface area contributed by atoms with Crippen LogP contribution in [-0.2, 0) is 10.0 Å². The number of rotatable bonds is 4. The maximum atomic E-state index is 12.3. The van der Waals surface area contributed by atoms with Gasteiger partial charge in [0.15, 0.2) is 5.82 Å². The van der Waals surface area contributed by atoms with Crippen LogP contribution in [0.3, 0.4) is 0 Å². The number of nitrogens with zero attached hydrogens (tertiary/aromatic N) is 2. The zero-order valence-electron chi connectivity index (χ0n) is 9.95. The number of thiocarbonyl (C=S) groups is 1. The first-order chi connectivity index (χ1) is 9.42. The van der Waals surface area contributed by atoms with Gasteiger partial charge in [0.25, 0.3) is 10.0 Å². The molecule has 2 aromatic heterocycles. The molecule has 2 aromatic rings. The van der Waals surface area contributed by atoms with Gasteiger partial charge in [-0.3, -0.25) is 9.71 Å². The quantitative estimate of drug-likeness (QED) is 0.827. The second kappa shape index (κ2) is 5.70. The zero-order chi connectivity index (χ0) is 14.8. The van der Waals surface area contributed by atoms with Gasteiger partial charge in [-0.05, 0) is 24.3 Å². The van der Waals surface area contributed by atoms with E-state index < -0.39 is 10.0 Å². The minimum atomic E-state index is -3.94. The monoisotopic (exact) mass is 328 g/mol. The molecule has 0 aromatic carbocycles. The highest BCUT2D eigenvalue weighted by Gasteiger charge is 2.22. The van der Waals surface area contributed by atoms with Crippen LogP contribution in [0.15, 0.2) is 41.6 Å². The molecule has 0 spiro atoms. The molecule has 0 fully saturated rings. The summed E-state index contributed by atoms with van der Waals surface area (Å²) in [7, 11) is -3.94. The Balaban J connectivity index is 2.47. The van der Waals surface area contributed by atoms with Gasteiger partial charge in [0.05, 0.1) is 5.02 Å². The summed E-state index contributed by atoms with van der Waals surface area (Å²) >= 11 is 10.7. The fourth-order valence-electron chi connectivity index (χ4n) is 1.44. The summed E-state index contributed by atoms with van der Waals surface area (Å²) in [5, 5.41) is 0.178. The van der Waals surface area contributed by atoms with Crippen LogP contribution < -0.4 is 10.5 Å². The normalized spacial score (nSPS) is 11.1. The molecule has 0 amide bonds. The molecular weight excluding hydrogens is 320 g/mol. The van der Waals surface area contributed by atoms with Crippen molar-refractivity contribution in [1.29, 1.82) is 0 Å². The van der Waals surface area contributed by atoms with Crippen LogP contribution in [0.4, 0.5) is 5.82 Å². The molecule has 0 aliphatic carbocycles. The van der Waals surface area contributed by atoms with E-state index in [0.29, 0.717) is 0 Å². The Labute approximate surface area is 126 Å². The largest absolute Gasteiger partial charge is 0.388 e. The summed E-state index contributed by atoms with van der Waals surface area (Å²) in [4.78, 5) is 7.48. The summed E-state index contributed by atoms with van der Waals surface area (Å²) in [5.41, 5.74) is 5.49. The number of nitrogens with one attached hydrogen (secondary N) is 1. The van der Waals surface area contributed by atoms with E-state index in [1.54, 1.807) is 6.07 Å². The van der Waals surface area contributed by atoms with E-state index in [9.17, 15) is 8.42 Å². The molecule has 104 valence electrons. The molecule has 3 N–H and O–H groups in total. The summed E-state index contributed by atoms with van der Waals surface area (Å²) < 4.78 is 26.9. The number of pyridine rings is 2. The summed E-state index contributed by atoms with van der Waals surface area (Å²) in [6, 6.07) is 5.92. The van der Waals surface area contributed by atoms with Crippen LogP contribution >= 0.6 is 23.8 Å². The summed E-state index contributed by atoms with van der Waals surface area (Å²) in [5.74, 6) is 0.0203. The van der Waals surface area contributed by atoms with Gasteiger partial charge < -0.3 is 5.73 Å². The van der Waals surface area contributed by atoms with Crippen molar-refractivity contribution in [2.75, 3.05) is 4.72 Å². The number of aromatic nitrogens is 2. The van der Waals surface area contributed by atoms with E-state index >= 15 is 0 Å². The zero-order valence-corrected chi connectivity index (χ0v) is 12.3. The van der Waals surface area contributed by atoms with E-state index in [1.807, 2.05) is 0 Å². The average molecular weight is 329 g/mol. The topological polar surface area (TPSA) is 98.0 Å². The maximum Gasteiger partial charge on any atom is 0.265 e. The van der Waals surface area contributed by atoms with Gasteiger partial charge in [0, 0.05) is 12.4 Å². The molecule has 0 saturated heterocycles. The highest BCUT2D eigenvalue weighted by Crippen LogP contribution is 2.22. The van der Waals surface area contributed by atoms with Gasteiger partial charge in [-0.15, -0.1) is 0 Å². The predicted octanol–water partition coefficient (Wildman–Crippen LogP) is 1.56. The third kappa shape index (κ3) is 3.03. The SMILES string of the molecule is NC(=S)c1ncccc1S(=O)(=O)Nc1ncccc1Cl. The van der Waals surface area contributed by atoms with E-state index in [1.165, 1.54) is 30.6 Å². The number of sulfonamides is 1. The Morgan fingerprint density at radius 1 is 1.25 bits per heavy atom. The molecule has 20 heavy (non-hydrogen) atoms. The molecular formula is C11H9ClN4O2S2. The third-order valence-corrected chi connectivity index (χ3v) is 4.15. The van der Waals surface area contributed by atoms with Gasteiger partial charge in [-0.1, -0.05) is 23.8 Å². The number of hydrogen-bond acceptors (Lipinski definition) is 5. The van der Waals surface area contributed by atoms with Crippen molar-refractivity contribution in [3.63, 3.8) is 0 Å². The van der Waals surface area contributed by atoms with Crippen molar-refractivity contribution in [2.45, 2.75) is 4.90 Å². The van der Waals surface area contributed by atoms with Crippen LogP contribution in [0.1, 0.15) is 5.69 Å². The molecule has 0 radical (unpaired) electrons. The lowest BCUT2D eigenvalue weighted by molar-refractivity contribution is 0.600. The molecule has 6 nitrogen and oxygen atoms in total. The van der Waals surface area contributed by atoms with Gasteiger partial charge in [-0.2, -0.15) is 0 Å². The first-order valence-electron chi connectivity index (χ1n) is 5.30. The summed E-state index contributed by atoms with van der Waals surface area (Å²) in [6.07, 6.45) is 2.82. The minimum absolute atomic E-state index is 0.0158. The van der Waals surface area contributed by atoms with Crippen LogP contribution in [-0.4, -0.2) is 23.4 Å². The molecule has 2 heterocycles. The first-order valence-corrected chi connectivity index (χ1v) is 7.57. The van der Waals surface area contributed by atoms with Crippen molar-refractivity contribution in [2.24, 2.45) is 5.73 Å². The fraction of sp³-hybridized carbons (Fsp3) is 0. The van der Waals surface area contributed by atoms with Crippen molar-refractivity contribution < 1.29 is 8.42 Å². The lowest BCUT2D eigenvalue weighted by Gasteiger charge is -2.10. The first kappa shape index (κ1) is 14.6. The Morgan fingerprint density at radius 2 is 1.90 bits per heavy atom.